The third-order valence-corrected chi connectivity index (χ3v) is 3.14. The summed E-state index contributed by atoms with van der Waals surface area (Å²) in [6.45, 7) is 0.342. The summed E-state index contributed by atoms with van der Waals surface area (Å²) < 4.78 is 18.8. The van der Waals surface area contributed by atoms with Crippen LogP contribution in [0.25, 0.3) is 0 Å². The van der Waals surface area contributed by atoms with Gasteiger partial charge in [0.05, 0.1) is 23.3 Å². The molecule has 0 radical (unpaired) electrons. The van der Waals surface area contributed by atoms with Crippen LogP contribution in [-0.2, 0) is 12.3 Å². The molecule has 0 unspecified atom stereocenters. The van der Waals surface area contributed by atoms with E-state index in [1.165, 1.54) is 12.1 Å². The largest absolute Gasteiger partial charge is 0.463 e. The number of benzene rings is 1. The van der Waals surface area contributed by atoms with E-state index in [1.807, 2.05) is 18.4 Å². The van der Waals surface area contributed by atoms with Crippen LogP contribution >= 0.6 is 11.8 Å². The zero-order valence-corrected chi connectivity index (χ0v) is 11.6. The number of anilines is 1. The molecule has 1 N–H and O–H groups in total. The van der Waals surface area contributed by atoms with E-state index in [9.17, 15) is 14.5 Å². The number of hydrogen-bond donors (Lipinski definition) is 1. The van der Waals surface area contributed by atoms with Crippen LogP contribution in [-0.4, -0.2) is 11.2 Å². The Labute approximate surface area is 119 Å². The van der Waals surface area contributed by atoms with Crippen molar-refractivity contribution in [3.63, 3.8) is 0 Å². The lowest BCUT2D eigenvalue weighted by Crippen LogP contribution is -2.00. The molecule has 0 fully saturated rings. The topological polar surface area (TPSA) is 68.3 Å². The summed E-state index contributed by atoms with van der Waals surface area (Å²) in [7, 11) is 0. The molecule has 0 aliphatic heterocycles. The molecule has 0 aliphatic carbocycles. The van der Waals surface area contributed by atoms with E-state index < -0.39 is 10.7 Å². The second-order valence-corrected chi connectivity index (χ2v) is 4.98. The molecular weight excluding hydrogens is 283 g/mol. The van der Waals surface area contributed by atoms with Gasteiger partial charge in [-0.2, -0.15) is 11.8 Å². The Balaban J connectivity index is 2.04. The van der Waals surface area contributed by atoms with Gasteiger partial charge < -0.3 is 9.73 Å². The molecule has 0 saturated carbocycles. The Bertz CT molecular complexity index is 615. The summed E-state index contributed by atoms with van der Waals surface area (Å²) in [6.07, 6.45) is 1.98. The predicted octanol–water partition coefficient (Wildman–Crippen LogP) is 3.80. The number of nitrogens with zero attached hydrogens (tertiary/aromatic N) is 1. The van der Waals surface area contributed by atoms with Gasteiger partial charge in [-0.3, -0.25) is 10.1 Å². The number of nitrogens with one attached hydrogen (secondary N) is 1. The first-order chi connectivity index (χ1) is 9.58. The minimum absolute atomic E-state index is 0.282. The maximum absolute atomic E-state index is 13.2. The van der Waals surface area contributed by atoms with Crippen molar-refractivity contribution in [3.8, 4) is 0 Å². The Morgan fingerprint density at radius 2 is 2.10 bits per heavy atom. The summed E-state index contributed by atoms with van der Waals surface area (Å²) in [5, 5.41) is 13.6. The number of non-ortho nitro benzene ring substituents is 1. The quantitative estimate of drug-likeness (QED) is 0.648. The molecule has 0 amide bonds. The van der Waals surface area contributed by atoms with E-state index in [4.69, 9.17) is 4.42 Å². The third kappa shape index (κ3) is 3.74. The molecule has 0 atom stereocenters. The molecule has 5 nitrogen and oxygen atoms in total. The minimum Gasteiger partial charge on any atom is -0.463 e. The average Bonchev–Trinajstić information content (AvgIpc) is 2.84. The number of thioether (sulfide) groups is 1. The number of halogens is 1. The molecule has 20 heavy (non-hydrogen) atoms. The van der Waals surface area contributed by atoms with Gasteiger partial charge in [-0.25, -0.2) is 4.39 Å². The van der Waals surface area contributed by atoms with Crippen molar-refractivity contribution >= 4 is 23.1 Å². The van der Waals surface area contributed by atoms with Gasteiger partial charge in [-0.1, -0.05) is 0 Å². The van der Waals surface area contributed by atoms with Crippen LogP contribution in [0.4, 0.5) is 15.8 Å². The van der Waals surface area contributed by atoms with Crippen molar-refractivity contribution in [3.05, 3.63) is 57.8 Å². The lowest BCUT2D eigenvalue weighted by atomic mass is 10.2. The van der Waals surface area contributed by atoms with Crippen LogP contribution in [0.1, 0.15) is 11.5 Å². The maximum atomic E-state index is 13.2. The molecule has 0 aliphatic rings. The fourth-order valence-electron chi connectivity index (χ4n) is 1.71. The molecule has 2 aromatic rings. The Hall–Kier alpha value is -2.02. The molecule has 0 bridgehead atoms. The molecule has 7 heteroatoms. The van der Waals surface area contributed by atoms with Gasteiger partial charge in [0.2, 0.25) is 0 Å². The molecule has 1 aromatic carbocycles. The highest BCUT2D eigenvalue weighted by Gasteiger charge is 2.10. The number of rotatable bonds is 6. The standard InChI is InChI=1S/C13H13FN2O3S/c1-20-8-13-3-2-12(19-13)7-15-10-4-9(14)5-11(6-10)16(17)18/h2-6,15H,7-8H2,1H3. The Morgan fingerprint density at radius 1 is 1.35 bits per heavy atom. The first-order valence-corrected chi connectivity index (χ1v) is 7.23. The van der Waals surface area contributed by atoms with Gasteiger partial charge in [-0.15, -0.1) is 0 Å². The lowest BCUT2D eigenvalue weighted by molar-refractivity contribution is -0.385. The van der Waals surface area contributed by atoms with E-state index in [-0.39, 0.29) is 5.69 Å². The second kappa shape index (κ2) is 6.42. The van der Waals surface area contributed by atoms with E-state index in [1.54, 1.807) is 11.8 Å². The summed E-state index contributed by atoms with van der Waals surface area (Å²) in [4.78, 5) is 10.0. The highest BCUT2D eigenvalue weighted by Crippen LogP contribution is 2.21. The molecule has 106 valence electrons. The van der Waals surface area contributed by atoms with Gasteiger partial charge >= 0.3 is 0 Å². The summed E-state index contributed by atoms with van der Waals surface area (Å²) in [5.74, 6) is 1.69. The van der Waals surface area contributed by atoms with Crippen LogP contribution in [0.3, 0.4) is 0 Å². The average molecular weight is 296 g/mol. The van der Waals surface area contributed by atoms with Crippen LogP contribution in [0.2, 0.25) is 0 Å². The van der Waals surface area contributed by atoms with Crippen molar-refractivity contribution in [1.82, 2.24) is 0 Å². The molecule has 0 saturated heterocycles. The number of furan rings is 1. The zero-order valence-electron chi connectivity index (χ0n) is 10.8. The van der Waals surface area contributed by atoms with E-state index in [0.717, 1.165) is 17.6 Å². The van der Waals surface area contributed by atoms with Crippen LogP contribution in [0.15, 0.2) is 34.7 Å². The Morgan fingerprint density at radius 3 is 2.80 bits per heavy atom. The summed E-state index contributed by atoms with van der Waals surface area (Å²) in [5.41, 5.74) is 0.0644. The molecule has 0 spiro atoms. The van der Waals surface area contributed by atoms with Gasteiger partial charge in [0, 0.05) is 11.8 Å². The highest BCUT2D eigenvalue weighted by molar-refractivity contribution is 7.97. The van der Waals surface area contributed by atoms with Crippen LogP contribution in [0, 0.1) is 15.9 Å². The van der Waals surface area contributed by atoms with Crippen molar-refractivity contribution in [2.24, 2.45) is 0 Å². The summed E-state index contributed by atoms with van der Waals surface area (Å²) >= 11 is 1.65. The number of nitro groups is 1. The smallest absolute Gasteiger partial charge is 0.274 e. The first kappa shape index (κ1) is 14.4. The van der Waals surface area contributed by atoms with Crippen molar-refractivity contribution in [2.75, 3.05) is 11.6 Å². The van der Waals surface area contributed by atoms with Crippen molar-refractivity contribution in [2.45, 2.75) is 12.3 Å². The number of nitro benzene ring substituents is 1. The monoisotopic (exact) mass is 296 g/mol. The molecule has 1 heterocycles. The maximum Gasteiger partial charge on any atom is 0.274 e. The molecule has 2 rings (SSSR count). The number of hydrogen-bond acceptors (Lipinski definition) is 5. The van der Waals surface area contributed by atoms with E-state index in [2.05, 4.69) is 5.32 Å². The van der Waals surface area contributed by atoms with Gasteiger partial charge in [0.1, 0.15) is 17.3 Å². The fourth-order valence-corrected chi connectivity index (χ4v) is 2.15. The first-order valence-electron chi connectivity index (χ1n) is 5.84. The van der Waals surface area contributed by atoms with Gasteiger partial charge in [0.15, 0.2) is 0 Å². The van der Waals surface area contributed by atoms with Crippen LogP contribution < -0.4 is 5.32 Å². The van der Waals surface area contributed by atoms with Gasteiger partial charge in [0.25, 0.3) is 5.69 Å². The molecular formula is C13H13FN2O3S. The minimum atomic E-state index is -0.649. The van der Waals surface area contributed by atoms with Crippen molar-refractivity contribution < 1.29 is 13.7 Å². The molecule has 1 aromatic heterocycles. The SMILES string of the molecule is CSCc1ccc(CNc2cc(F)cc([N+](=O)[O-])c2)o1. The van der Waals surface area contributed by atoms with Crippen LogP contribution in [0.5, 0.6) is 0 Å². The van der Waals surface area contributed by atoms with E-state index in [0.29, 0.717) is 18.0 Å². The second-order valence-electron chi connectivity index (χ2n) is 4.11. The highest BCUT2D eigenvalue weighted by atomic mass is 32.2. The predicted molar refractivity (Wildman–Crippen MR) is 76.3 cm³/mol. The zero-order chi connectivity index (χ0) is 14.5. The Kier molecular flexibility index (Phi) is 4.62. The normalized spacial score (nSPS) is 10.5. The summed E-state index contributed by atoms with van der Waals surface area (Å²) in [6, 6.07) is 7.08. The van der Waals surface area contributed by atoms with Gasteiger partial charge in [-0.05, 0) is 24.5 Å². The third-order valence-electron chi connectivity index (χ3n) is 2.56. The fraction of sp³-hybridized carbons (Fsp3) is 0.231. The van der Waals surface area contributed by atoms with E-state index >= 15 is 0 Å². The lowest BCUT2D eigenvalue weighted by Gasteiger charge is -2.04. The van der Waals surface area contributed by atoms with Crippen molar-refractivity contribution in [1.29, 1.82) is 0 Å².